The van der Waals surface area contributed by atoms with Gasteiger partial charge in [0.15, 0.2) is 0 Å². The van der Waals surface area contributed by atoms with Gasteiger partial charge in [-0.3, -0.25) is 0 Å². The molecule has 0 saturated carbocycles. The van der Waals surface area contributed by atoms with E-state index in [4.69, 9.17) is 0 Å². The quantitative estimate of drug-likeness (QED) is 0.718. The van der Waals surface area contributed by atoms with Crippen molar-refractivity contribution in [1.82, 2.24) is 5.32 Å². The second-order valence-corrected chi connectivity index (χ2v) is 6.60. The highest BCUT2D eigenvalue weighted by Gasteiger charge is 2.09. The normalized spacial score (nSPS) is 10.8. The van der Waals surface area contributed by atoms with Gasteiger partial charge in [-0.1, -0.05) is 25.1 Å². The number of rotatable bonds is 8. The summed E-state index contributed by atoms with van der Waals surface area (Å²) in [6.45, 7) is 10.7. The van der Waals surface area contributed by atoms with Gasteiger partial charge in [0.1, 0.15) is 0 Å². The van der Waals surface area contributed by atoms with Crippen molar-refractivity contribution in [3.8, 4) is 0 Å². The summed E-state index contributed by atoms with van der Waals surface area (Å²) in [6, 6.07) is 13.2. The van der Waals surface area contributed by atoms with Gasteiger partial charge in [0, 0.05) is 28.5 Å². The zero-order chi connectivity index (χ0) is 15.1. The molecule has 2 aromatic rings. The summed E-state index contributed by atoms with van der Waals surface area (Å²) in [7, 11) is 0. The predicted octanol–water partition coefficient (Wildman–Crippen LogP) is 4.58. The summed E-state index contributed by atoms with van der Waals surface area (Å²) in [5.74, 6) is 0. The van der Waals surface area contributed by atoms with Gasteiger partial charge in [0.25, 0.3) is 0 Å². The Kier molecular flexibility index (Phi) is 6.27. The standard InChI is InChI=1S/C18H26N2S/c1-4-12-19-13-16-10-11-17(21-16)14-20(5-2)18-9-7-6-8-15(18)3/h6-11,19H,4-5,12-14H2,1-3H3. The van der Waals surface area contributed by atoms with Crippen LogP contribution in [0.15, 0.2) is 36.4 Å². The zero-order valence-electron chi connectivity index (χ0n) is 13.4. The van der Waals surface area contributed by atoms with Crippen LogP contribution in [0.1, 0.15) is 35.6 Å². The van der Waals surface area contributed by atoms with E-state index < -0.39 is 0 Å². The van der Waals surface area contributed by atoms with E-state index in [1.165, 1.54) is 27.4 Å². The Hall–Kier alpha value is -1.32. The maximum Gasteiger partial charge on any atom is 0.0522 e. The first-order valence-electron chi connectivity index (χ1n) is 7.83. The van der Waals surface area contributed by atoms with E-state index in [1.54, 1.807) is 0 Å². The van der Waals surface area contributed by atoms with Crippen LogP contribution in [0, 0.1) is 6.92 Å². The molecule has 1 aromatic carbocycles. The zero-order valence-corrected chi connectivity index (χ0v) is 14.2. The fraction of sp³-hybridized carbons (Fsp3) is 0.444. The van der Waals surface area contributed by atoms with Crippen LogP contribution in [-0.4, -0.2) is 13.1 Å². The molecule has 0 radical (unpaired) electrons. The van der Waals surface area contributed by atoms with Crippen LogP contribution >= 0.6 is 11.3 Å². The van der Waals surface area contributed by atoms with Gasteiger partial charge >= 0.3 is 0 Å². The molecule has 0 aliphatic heterocycles. The summed E-state index contributed by atoms with van der Waals surface area (Å²) in [4.78, 5) is 5.32. The summed E-state index contributed by atoms with van der Waals surface area (Å²) in [5, 5.41) is 3.47. The molecule has 0 aliphatic carbocycles. The van der Waals surface area contributed by atoms with Crippen molar-refractivity contribution in [3.63, 3.8) is 0 Å². The molecule has 0 fully saturated rings. The Labute approximate surface area is 132 Å². The molecule has 0 bridgehead atoms. The second-order valence-electron chi connectivity index (χ2n) is 5.35. The lowest BCUT2D eigenvalue weighted by atomic mass is 10.2. The monoisotopic (exact) mass is 302 g/mol. The largest absolute Gasteiger partial charge is 0.366 e. The van der Waals surface area contributed by atoms with Crippen molar-refractivity contribution in [1.29, 1.82) is 0 Å². The Morgan fingerprint density at radius 2 is 1.81 bits per heavy atom. The van der Waals surface area contributed by atoms with Crippen molar-refractivity contribution < 1.29 is 0 Å². The van der Waals surface area contributed by atoms with Crippen LogP contribution < -0.4 is 10.2 Å². The Balaban J connectivity index is 2.01. The van der Waals surface area contributed by atoms with Crippen LogP contribution in [0.5, 0.6) is 0 Å². The number of nitrogens with one attached hydrogen (secondary N) is 1. The van der Waals surface area contributed by atoms with Gasteiger partial charge in [0.2, 0.25) is 0 Å². The fourth-order valence-corrected chi connectivity index (χ4v) is 3.47. The number of benzene rings is 1. The Morgan fingerprint density at radius 1 is 1.05 bits per heavy atom. The highest BCUT2D eigenvalue weighted by atomic mass is 32.1. The molecule has 1 aromatic heterocycles. The maximum absolute atomic E-state index is 3.47. The second kappa shape index (κ2) is 8.20. The third-order valence-corrected chi connectivity index (χ3v) is 4.70. The lowest BCUT2D eigenvalue weighted by Gasteiger charge is -2.24. The third-order valence-electron chi connectivity index (χ3n) is 3.63. The average molecular weight is 302 g/mol. The highest BCUT2D eigenvalue weighted by molar-refractivity contribution is 7.12. The molecule has 0 spiro atoms. The lowest BCUT2D eigenvalue weighted by Crippen LogP contribution is -2.22. The van der Waals surface area contributed by atoms with Crippen molar-refractivity contribution in [2.24, 2.45) is 0 Å². The van der Waals surface area contributed by atoms with Crippen LogP contribution in [0.3, 0.4) is 0 Å². The molecule has 2 rings (SSSR count). The van der Waals surface area contributed by atoms with Gasteiger partial charge in [0.05, 0.1) is 6.54 Å². The molecule has 0 atom stereocenters. The van der Waals surface area contributed by atoms with Gasteiger partial charge < -0.3 is 10.2 Å². The van der Waals surface area contributed by atoms with E-state index in [-0.39, 0.29) is 0 Å². The van der Waals surface area contributed by atoms with E-state index in [1.807, 2.05) is 11.3 Å². The first kappa shape index (κ1) is 16.1. The minimum Gasteiger partial charge on any atom is -0.366 e. The first-order valence-corrected chi connectivity index (χ1v) is 8.65. The van der Waals surface area contributed by atoms with Crippen LogP contribution in [-0.2, 0) is 13.1 Å². The van der Waals surface area contributed by atoms with Crippen LogP contribution in [0.25, 0.3) is 0 Å². The van der Waals surface area contributed by atoms with Gasteiger partial charge in [-0.05, 0) is 50.6 Å². The van der Waals surface area contributed by atoms with E-state index in [2.05, 4.69) is 67.4 Å². The van der Waals surface area contributed by atoms with Crippen molar-refractivity contribution in [2.75, 3.05) is 18.0 Å². The molecule has 2 nitrogen and oxygen atoms in total. The highest BCUT2D eigenvalue weighted by Crippen LogP contribution is 2.24. The Morgan fingerprint density at radius 3 is 2.52 bits per heavy atom. The van der Waals surface area contributed by atoms with Crippen LogP contribution in [0.2, 0.25) is 0 Å². The summed E-state index contributed by atoms with van der Waals surface area (Å²) in [5.41, 5.74) is 2.69. The van der Waals surface area contributed by atoms with Crippen molar-refractivity contribution in [2.45, 2.75) is 40.3 Å². The average Bonchev–Trinajstić information content (AvgIpc) is 2.93. The summed E-state index contributed by atoms with van der Waals surface area (Å²) in [6.07, 6.45) is 1.19. The number of aryl methyl sites for hydroxylation is 1. The van der Waals surface area contributed by atoms with E-state index in [9.17, 15) is 0 Å². The molecule has 114 valence electrons. The minimum absolute atomic E-state index is 0.995. The lowest BCUT2D eigenvalue weighted by molar-refractivity contribution is 0.681. The molecular formula is C18H26N2S. The molecule has 1 heterocycles. The van der Waals surface area contributed by atoms with Crippen molar-refractivity contribution >= 4 is 17.0 Å². The first-order chi connectivity index (χ1) is 10.2. The maximum atomic E-state index is 3.47. The minimum atomic E-state index is 0.995. The molecule has 1 N–H and O–H groups in total. The smallest absolute Gasteiger partial charge is 0.0522 e. The number of para-hydroxylation sites is 1. The van der Waals surface area contributed by atoms with E-state index in [0.717, 1.165) is 26.2 Å². The van der Waals surface area contributed by atoms with Gasteiger partial charge in [-0.15, -0.1) is 11.3 Å². The number of thiophene rings is 1. The number of hydrogen-bond donors (Lipinski definition) is 1. The van der Waals surface area contributed by atoms with Crippen molar-refractivity contribution in [3.05, 3.63) is 51.7 Å². The molecule has 3 heteroatoms. The fourth-order valence-electron chi connectivity index (χ4n) is 2.46. The number of hydrogen-bond acceptors (Lipinski definition) is 3. The molecular weight excluding hydrogens is 276 g/mol. The summed E-state index contributed by atoms with van der Waals surface area (Å²) >= 11 is 1.92. The van der Waals surface area contributed by atoms with Crippen LogP contribution in [0.4, 0.5) is 5.69 Å². The molecule has 0 amide bonds. The molecule has 0 aliphatic rings. The third kappa shape index (κ3) is 4.58. The Bertz CT molecular complexity index is 548. The predicted molar refractivity (Wildman–Crippen MR) is 94.2 cm³/mol. The van der Waals surface area contributed by atoms with Gasteiger partial charge in [-0.25, -0.2) is 0 Å². The summed E-state index contributed by atoms with van der Waals surface area (Å²) < 4.78 is 0. The topological polar surface area (TPSA) is 15.3 Å². The van der Waals surface area contributed by atoms with E-state index >= 15 is 0 Å². The van der Waals surface area contributed by atoms with E-state index in [0.29, 0.717) is 0 Å². The molecule has 0 saturated heterocycles. The van der Waals surface area contributed by atoms with Gasteiger partial charge in [-0.2, -0.15) is 0 Å². The number of anilines is 1. The molecule has 0 unspecified atom stereocenters. The SMILES string of the molecule is CCCNCc1ccc(CN(CC)c2ccccc2C)s1. The number of nitrogens with zero attached hydrogens (tertiary/aromatic N) is 1. The molecule has 21 heavy (non-hydrogen) atoms.